The number of rotatable bonds is 7. The van der Waals surface area contributed by atoms with Crippen molar-refractivity contribution >= 4 is 33.7 Å². The molecule has 2 aromatic heterocycles. The molecule has 4 aromatic rings. The minimum atomic E-state index is -0.949. The molecule has 28 heavy (non-hydrogen) atoms. The summed E-state index contributed by atoms with van der Waals surface area (Å²) in [4.78, 5) is 29.5. The van der Waals surface area contributed by atoms with Crippen molar-refractivity contribution in [3.05, 3.63) is 71.0 Å². The molecular weight excluding hydrogens is 356 g/mol. The average molecular weight is 376 g/mol. The Kier molecular flexibility index (Phi) is 4.61. The van der Waals surface area contributed by atoms with E-state index in [2.05, 4.69) is 9.97 Å². The van der Waals surface area contributed by atoms with Gasteiger partial charge in [-0.2, -0.15) is 0 Å². The summed E-state index contributed by atoms with van der Waals surface area (Å²) >= 11 is 0. The Morgan fingerprint density at radius 2 is 1.32 bits per heavy atom. The van der Waals surface area contributed by atoms with Crippen LogP contribution in [0.3, 0.4) is 0 Å². The minimum absolute atomic E-state index is 0.0572. The molecule has 4 rings (SSSR count). The van der Waals surface area contributed by atoms with Gasteiger partial charge in [0.15, 0.2) is 0 Å². The van der Waals surface area contributed by atoms with E-state index in [0.29, 0.717) is 35.9 Å². The maximum absolute atomic E-state index is 11.8. The summed E-state index contributed by atoms with van der Waals surface area (Å²) in [5.74, 6) is -1.78. The molecule has 0 unspecified atom stereocenters. The van der Waals surface area contributed by atoms with Crippen LogP contribution in [0.4, 0.5) is 0 Å². The van der Waals surface area contributed by atoms with Gasteiger partial charge in [-0.05, 0) is 37.0 Å². The molecule has 142 valence electrons. The zero-order chi connectivity index (χ0) is 19.7. The lowest BCUT2D eigenvalue weighted by Crippen LogP contribution is -2.04. The van der Waals surface area contributed by atoms with Gasteiger partial charge in [-0.3, -0.25) is 4.79 Å². The molecule has 2 heterocycles. The summed E-state index contributed by atoms with van der Waals surface area (Å²) in [6.45, 7) is 0. The molecule has 4 N–H and O–H groups in total. The Bertz CT molecular complexity index is 1190. The van der Waals surface area contributed by atoms with E-state index in [4.69, 9.17) is 5.11 Å². The van der Waals surface area contributed by atoms with Crippen molar-refractivity contribution < 1.29 is 19.8 Å². The Labute approximate surface area is 160 Å². The van der Waals surface area contributed by atoms with E-state index in [9.17, 15) is 14.7 Å². The molecule has 0 saturated heterocycles. The molecule has 0 aliphatic heterocycles. The summed E-state index contributed by atoms with van der Waals surface area (Å²) in [5.41, 5.74) is 4.70. The maximum Gasteiger partial charge on any atom is 0.338 e. The molecule has 2 aromatic carbocycles. The SMILES string of the molecule is O=C(O)CCc1c(CCc2[nH]c3ccccc3c2C(=O)O)[nH]c2ccccc12. The Morgan fingerprint density at radius 1 is 0.750 bits per heavy atom. The number of aromatic amines is 2. The molecule has 0 bridgehead atoms. The highest BCUT2D eigenvalue weighted by Gasteiger charge is 2.19. The van der Waals surface area contributed by atoms with Gasteiger partial charge < -0.3 is 20.2 Å². The van der Waals surface area contributed by atoms with Crippen molar-refractivity contribution in [3.63, 3.8) is 0 Å². The highest BCUT2D eigenvalue weighted by atomic mass is 16.4. The lowest BCUT2D eigenvalue weighted by Gasteiger charge is -2.05. The van der Waals surface area contributed by atoms with Gasteiger partial charge in [0.2, 0.25) is 0 Å². The van der Waals surface area contributed by atoms with Gasteiger partial charge in [0.1, 0.15) is 0 Å². The number of hydrogen-bond donors (Lipinski definition) is 4. The van der Waals surface area contributed by atoms with Gasteiger partial charge in [-0.15, -0.1) is 0 Å². The van der Waals surface area contributed by atoms with Crippen molar-refractivity contribution in [1.29, 1.82) is 0 Å². The van der Waals surface area contributed by atoms with E-state index in [1.165, 1.54) is 0 Å². The number of hydrogen-bond acceptors (Lipinski definition) is 2. The molecule has 6 heteroatoms. The monoisotopic (exact) mass is 376 g/mol. The van der Waals surface area contributed by atoms with Crippen molar-refractivity contribution in [2.24, 2.45) is 0 Å². The van der Waals surface area contributed by atoms with Crippen LogP contribution in [0, 0.1) is 0 Å². The summed E-state index contributed by atoms with van der Waals surface area (Å²) in [5, 5.41) is 20.5. The quantitative estimate of drug-likeness (QED) is 0.389. The van der Waals surface area contributed by atoms with Crippen LogP contribution in [0.2, 0.25) is 0 Å². The van der Waals surface area contributed by atoms with E-state index in [-0.39, 0.29) is 6.42 Å². The van der Waals surface area contributed by atoms with Gasteiger partial charge >= 0.3 is 11.9 Å². The molecule has 0 aliphatic rings. The predicted molar refractivity (Wildman–Crippen MR) is 107 cm³/mol. The fourth-order valence-electron chi connectivity index (χ4n) is 3.87. The van der Waals surface area contributed by atoms with Crippen molar-refractivity contribution in [1.82, 2.24) is 9.97 Å². The number of carbonyl (C=O) groups is 2. The minimum Gasteiger partial charge on any atom is -0.481 e. The summed E-state index contributed by atoms with van der Waals surface area (Å²) < 4.78 is 0. The first-order valence-corrected chi connectivity index (χ1v) is 9.17. The highest BCUT2D eigenvalue weighted by Crippen LogP contribution is 2.27. The number of aryl methyl sites for hydroxylation is 3. The highest BCUT2D eigenvalue weighted by molar-refractivity contribution is 6.04. The van der Waals surface area contributed by atoms with Gasteiger partial charge in [0.25, 0.3) is 0 Å². The summed E-state index contributed by atoms with van der Waals surface area (Å²) in [6.07, 6.45) is 1.61. The molecule has 0 fully saturated rings. The van der Waals surface area contributed by atoms with Crippen LogP contribution in [0.1, 0.15) is 33.7 Å². The second-order valence-electron chi connectivity index (χ2n) is 6.85. The third kappa shape index (κ3) is 3.24. The lowest BCUT2D eigenvalue weighted by atomic mass is 10.0. The summed E-state index contributed by atoms with van der Waals surface area (Å²) in [6, 6.07) is 15.2. The molecule has 6 nitrogen and oxygen atoms in total. The molecule has 0 atom stereocenters. The van der Waals surface area contributed by atoms with E-state index >= 15 is 0 Å². The fraction of sp³-hybridized carbons (Fsp3) is 0.182. The second kappa shape index (κ2) is 7.23. The van der Waals surface area contributed by atoms with Crippen LogP contribution < -0.4 is 0 Å². The normalized spacial score (nSPS) is 11.3. The number of aliphatic carboxylic acids is 1. The lowest BCUT2D eigenvalue weighted by molar-refractivity contribution is -0.136. The van der Waals surface area contributed by atoms with E-state index < -0.39 is 11.9 Å². The second-order valence-corrected chi connectivity index (χ2v) is 6.85. The number of para-hydroxylation sites is 2. The standard InChI is InChI=1S/C22H20N2O4/c25-20(26)12-9-14-13-5-1-3-7-16(13)23-18(14)10-11-19-21(22(27)28)15-6-2-4-8-17(15)24-19/h1-8,23-24H,9-12H2,(H,25,26)(H,27,28). The zero-order valence-corrected chi connectivity index (χ0v) is 15.2. The van der Waals surface area contributed by atoms with Crippen LogP contribution >= 0.6 is 0 Å². The first-order valence-electron chi connectivity index (χ1n) is 9.17. The number of H-pyrrole nitrogens is 2. The Balaban J connectivity index is 1.68. The van der Waals surface area contributed by atoms with Crippen LogP contribution in [0.25, 0.3) is 21.8 Å². The van der Waals surface area contributed by atoms with E-state index in [1.807, 2.05) is 42.5 Å². The van der Waals surface area contributed by atoms with Gasteiger partial charge in [0, 0.05) is 39.6 Å². The molecule has 0 aliphatic carbocycles. The van der Waals surface area contributed by atoms with E-state index in [0.717, 1.165) is 27.7 Å². The van der Waals surface area contributed by atoms with Crippen molar-refractivity contribution in [3.8, 4) is 0 Å². The largest absolute Gasteiger partial charge is 0.481 e. The van der Waals surface area contributed by atoms with Crippen LogP contribution in [0.15, 0.2) is 48.5 Å². The zero-order valence-electron chi connectivity index (χ0n) is 15.2. The van der Waals surface area contributed by atoms with Crippen molar-refractivity contribution in [2.75, 3.05) is 0 Å². The van der Waals surface area contributed by atoms with Crippen molar-refractivity contribution in [2.45, 2.75) is 25.7 Å². The molecule has 0 saturated carbocycles. The smallest absolute Gasteiger partial charge is 0.338 e. The topological polar surface area (TPSA) is 106 Å². The number of benzene rings is 2. The maximum atomic E-state index is 11.8. The number of carboxylic acid groups (broad SMARTS) is 2. The number of carboxylic acids is 2. The number of fused-ring (bicyclic) bond motifs is 2. The van der Waals surface area contributed by atoms with Crippen LogP contribution in [-0.2, 0) is 24.1 Å². The van der Waals surface area contributed by atoms with Crippen LogP contribution in [0.5, 0.6) is 0 Å². The van der Waals surface area contributed by atoms with Gasteiger partial charge in [-0.25, -0.2) is 4.79 Å². The number of aromatic nitrogens is 2. The molecule has 0 spiro atoms. The molecule has 0 radical (unpaired) electrons. The number of aromatic carboxylic acids is 1. The van der Waals surface area contributed by atoms with E-state index in [1.54, 1.807) is 6.07 Å². The van der Waals surface area contributed by atoms with Crippen LogP contribution in [-0.4, -0.2) is 32.1 Å². The number of nitrogens with one attached hydrogen (secondary N) is 2. The molecule has 0 amide bonds. The average Bonchev–Trinajstić information content (AvgIpc) is 3.22. The first-order chi connectivity index (χ1) is 13.5. The predicted octanol–water partition coefficient (Wildman–Crippen LogP) is 4.15. The Hall–Kier alpha value is -3.54. The third-order valence-corrected chi connectivity index (χ3v) is 5.11. The first kappa shape index (κ1) is 17.9. The fourth-order valence-corrected chi connectivity index (χ4v) is 3.87. The van der Waals surface area contributed by atoms with Gasteiger partial charge in [-0.1, -0.05) is 36.4 Å². The molecular formula is C22H20N2O4. The summed E-state index contributed by atoms with van der Waals surface area (Å²) in [7, 11) is 0. The third-order valence-electron chi connectivity index (χ3n) is 5.11. The van der Waals surface area contributed by atoms with Gasteiger partial charge in [0.05, 0.1) is 5.56 Å². The Morgan fingerprint density at radius 3 is 2.00 bits per heavy atom.